The van der Waals surface area contributed by atoms with E-state index in [-0.39, 0.29) is 34.0 Å². The number of benzene rings is 2. The van der Waals surface area contributed by atoms with Gasteiger partial charge in [0.1, 0.15) is 0 Å². The monoisotopic (exact) mass is 985 g/mol. The zero-order valence-corrected chi connectivity index (χ0v) is 44.6. The first-order valence-corrected chi connectivity index (χ1v) is 29.0. The number of aliphatic hydroxyl groups is 3. The predicted molar refractivity (Wildman–Crippen MR) is 293 cm³/mol. The van der Waals surface area contributed by atoms with Gasteiger partial charge in [0.25, 0.3) is 0 Å². The molecule has 3 saturated carbocycles. The normalized spacial score (nSPS) is 39.7. The third-order valence-electron chi connectivity index (χ3n) is 22.5. The van der Waals surface area contributed by atoms with E-state index in [2.05, 4.69) is 124 Å². The topological polar surface area (TPSA) is 122 Å². The van der Waals surface area contributed by atoms with E-state index in [1.165, 1.54) is 75.0 Å². The van der Waals surface area contributed by atoms with Gasteiger partial charge in [-0.15, -0.1) is 0 Å². The summed E-state index contributed by atoms with van der Waals surface area (Å²) < 4.78 is 0. The Balaban J connectivity index is 1.06. The van der Waals surface area contributed by atoms with Gasteiger partial charge < -0.3 is 31.1 Å². The molecule has 2 spiro atoms. The number of aliphatic hydroxyl groups excluding tert-OH is 3. The number of hydrogen-bond donors (Lipinski definition) is 6. The van der Waals surface area contributed by atoms with Gasteiger partial charge in [-0.1, -0.05) is 143 Å². The first-order valence-electron chi connectivity index (χ1n) is 29.0. The second-order valence-electron chi connectivity index (χ2n) is 26.4. The van der Waals surface area contributed by atoms with Gasteiger partial charge in [0.15, 0.2) is 0 Å². The highest BCUT2D eigenvalue weighted by Gasteiger charge is 2.75. The highest BCUT2D eigenvalue weighted by Crippen LogP contribution is 2.81. The van der Waals surface area contributed by atoms with Crippen LogP contribution in [-0.2, 0) is 11.2 Å². The Hall–Kier alpha value is -4.59. The van der Waals surface area contributed by atoms with Crippen molar-refractivity contribution in [1.29, 1.82) is 0 Å². The molecule has 7 heteroatoms. The lowest BCUT2D eigenvalue weighted by Gasteiger charge is -2.73. The SMILES string of the molecule is CC(C)CC1=CC[C@]2(C)[C@@H](O)CC[C@@]34C5=C6C[C@@]1(C=C1C(=c7ccccc7=C[C@@H]13)Cc1cccc(c1)C1=CC=C(NCCC[C@@H](C3CCCCC3)/C(=C/O)CC[C@@H](C(=O)O)[C@H]3[C@H](O)C[C@]6(C)[C@]3(C)CC5)NC1)[C@@H]24. The van der Waals surface area contributed by atoms with Crippen molar-refractivity contribution in [1.82, 2.24) is 10.6 Å². The van der Waals surface area contributed by atoms with Gasteiger partial charge in [-0.25, -0.2) is 0 Å². The molecule has 2 aromatic carbocycles. The summed E-state index contributed by atoms with van der Waals surface area (Å²) in [6.45, 7) is 13.5. The van der Waals surface area contributed by atoms with E-state index in [9.17, 15) is 25.2 Å². The van der Waals surface area contributed by atoms with Crippen LogP contribution in [-0.4, -0.2) is 51.7 Å². The zero-order valence-electron chi connectivity index (χ0n) is 44.6. The second kappa shape index (κ2) is 18.3. The van der Waals surface area contributed by atoms with Crippen LogP contribution in [0.4, 0.5) is 0 Å². The Morgan fingerprint density at radius 1 is 0.890 bits per heavy atom. The van der Waals surface area contributed by atoms with Crippen molar-refractivity contribution < 1.29 is 25.2 Å². The average molecular weight is 985 g/mol. The number of carboxylic acids is 1. The molecule has 73 heavy (non-hydrogen) atoms. The molecule has 2 aromatic rings. The van der Waals surface area contributed by atoms with Crippen molar-refractivity contribution in [2.24, 2.45) is 68.5 Å². The summed E-state index contributed by atoms with van der Waals surface area (Å²) in [6, 6.07) is 18.4. The van der Waals surface area contributed by atoms with Crippen molar-refractivity contribution in [3.63, 3.8) is 0 Å². The van der Waals surface area contributed by atoms with E-state index >= 15 is 0 Å². The fourth-order valence-corrected chi connectivity index (χ4v) is 19.3. The van der Waals surface area contributed by atoms with E-state index < -0.39 is 40.8 Å². The Labute approximate surface area is 435 Å². The summed E-state index contributed by atoms with van der Waals surface area (Å²) in [5, 5.41) is 58.1. The standard InChI is InChI=1S/C66H84N2O5/c1-40(2)31-47-24-27-62(3)57(71)26-29-66-53-25-28-63(4)59-50(60(72)73)22-20-46(39-69)48(42-14-7-6-8-15-42)19-12-30-67-58-23-21-45(38-68-58)43-17-11-13-41(32-43)33-51-49-18-10-9-16-44(49)34-54(66)52(51)35-65(47,61(62)66)36-55(53)64(63,5)37-56(59)70/h9-11,13,16-18,21,23-24,32,34-35,39-40,42,48,50,54,56-57,59,61,67-71H,6-8,12,14-15,19-20,22,25-31,33,36-38H2,1-5H3,(H,72,73)/b46-39+/t48-,50+,54-,56+,57-,59-,61+,62+,63+,64-,65+,66+/m0/s1. The van der Waals surface area contributed by atoms with Crippen LogP contribution in [0.15, 0.2) is 113 Å². The molecule has 8 aliphatic carbocycles. The molecule has 0 saturated heterocycles. The molecule has 0 aromatic heterocycles. The molecule has 6 heterocycles. The Morgan fingerprint density at radius 2 is 1.71 bits per heavy atom. The maximum Gasteiger partial charge on any atom is 0.306 e. The van der Waals surface area contributed by atoms with Gasteiger partial charge in [-0.3, -0.25) is 4.79 Å². The van der Waals surface area contributed by atoms with Gasteiger partial charge in [-0.2, -0.15) is 0 Å². The maximum atomic E-state index is 14.0. The Kier molecular flexibility index (Phi) is 12.4. The van der Waals surface area contributed by atoms with Crippen molar-refractivity contribution in [2.75, 3.05) is 13.1 Å². The number of fused-ring (bicyclic) bond motifs is 1. The number of carboxylic acid groups (broad SMARTS) is 1. The van der Waals surface area contributed by atoms with Crippen LogP contribution in [0.3, 0.4) is 0 Å². The van der Waals surface area contributed by atoms with Crippen LogP contribution in [0.2, 0.25) is 0 Å². The van der Waals surface area contributed by atoms with E-state index in [4.69, 9.17) is 0 Å². The molecule has 6 N–H and O–H groups in total. The molecule has 14 bridgehead atoms. The molecule has 0 amide bonds. The van der Waals surface area contributed by atoms with E-state index in [1.54, 1.807) is 5.57 Å². The third kappa shape index (κ3) is 7.48. The highest BCUT2D eigenvalue weighted by molar-refractivity contribution is 5.78. The lowest BCUT2D eigenvalue weighted by atomic mass is 9.30. The molecule has 0 radical (unpaired) electrons. The molecular weight excluding hydrogens is 901 g/mol. The summed E-state index contributed by atoms with van der Waals surface area (Å²) in [7, 11) is 0. The molecule has 0 unspecified atom stereocenters. The third-order valence-corrected chi connectivity index (χ3v) is 22.5. The van der Waals surface area contributed by atoms with Crippen LogP contribution in [0.25, 0.3) is 17.2 Å². The van der Waals surface area contributed by atoms with E-state index in [0.717, 1.165) is 102 Å². The van der Waals surface area contributed by atoms with Gasteiger partial charge in [-0.05, 0) is 181 Å². The predicted octanol–water partition coefficient (Wildman–Crippen LogP) is 11.8. The van der Waals surface area contributed by atoms with Crippen LogP contribution >= 0.6 is 0 Å². The summed E-state index contributed by atoms with van der Waals surface area (Å²) in [5.74, 6) is 0.460. The molecule has 12 atom stereocenters. The number of nitrogens with one attached hydrogen (secondary N) is 2. The van der Waals surface area contributed by atoms with Gasteiger partial charge in [0.05, 0.1) is 30.2 Å². The fourth-order valence-electron chi connectivity index (χ4n) is 19.3. The lowest BCUT2D eigenvalue weighted by Crippen LogP contribution is -2.68. The Morgan fingerprint density at radius 3 is 2.48 bits per heavy atom. The average Bonchev–Trinajstić information content (AvgIpc) is 3.63. The minimum atomic E-state index is -0.815. The van der Waals surface area contributed by atoms with Crippen molar-refractivity contribution in [2.45, 2.75) is 162 Å². The van der Waals surface area contributed by atoms with Crippen LogP contribution in [0, 0.1) is 68.5 Å². The number of rotatable bonds is 4. The molecular formula is C66H84N2O5. The minimum Gasteiger partial charge on any atom is -0.516 e. The Bertz CT molecular complexity index is 2890. The van der Waals surface area contributed by atoms with E-state index in [1.807, 2.05) is 0 Å². The smallest absolute Gasteiger partial charge is 0.306 e. The maximum absolute atomic E-state index is 14.0. The number of dihydropyridines is 1. The van der Waals surface area contributed by atoms with Crippen molar-refractivity contribution in [3.8, 4) is 0 Å². The summed E-state index contributed by atoms with van der Waals surface area (Å²) >= 11 is 0. The summed E-state index contributed by atoms with van der Waals surface area (Å²) in [5.41, 5.74) is 10.5. The van der Waals surface area contributed by atoms with Crippen molar-refractivity contribution in [3.05, 3.63) is 134 Å². The van der Waals surface area contributed by atoms with Gasteiger partial charge in [0, 0.05) is 41.2 Å². The van der Waals surface area contributed by atoms with E-state index in [0.29, 0.717) is 31.1 Å². The first kappa shape index (κ1) is 49.3. The molecule has 16 rings (SSSR count). The van der Waals surface area contributed by atoms with Gasteiger partial charge in [0.2, 0.25) is 0 Å². The summed E-state index contributed by atoms with van der Waals surface area (Å²) in [4.78, 5) is 14.0. The number of hydrogen-bond acceptors (Lipinski definition) is 6. The lowest BCUT2D eigenvalue weighted by molar-refractivity contribution is -0.164. The summed E-state index contributed by atoms with van der Waals surface area (Å²) in [6.07, 6.45) is 28.9. The van der Waals surface area contributed by atoms with Crippen LogP contribution < -0.4 is 21.1 Å². The zero-order chi connectivity index (χ0) is 50.7. The molecule has 3 fully saturated rings. The largest absolute Gasteiger partial charge is 0.516 e. The molecule has 388 valence electrons. The highest BCUT2D eigenvalue weighted by atomic mass is 16.4. The van der Waals surface area contributed by atoms with Crippen LogP contribution in [0.5, 0.6) is 0 Å². The molecule has 6 aliphatic heterocycles. The molecule has 14 aliphatic rings. The second-order valence-corrected chi connectivity index (χ2v) is 26.4. The first-order chi connectivity index (χ1) is 35.1. The number of aliphatic carboxylic acids is 1. The molecule has 7 nitrogen and oxygen atoms in total. The van der Waals surface area contributed by atoms with Crippen molar-refractivity contribution >= 4 is 23.2 Å². The van der Waals surface area contributed by atoms with Gasteiger partial charge >= 0.3 is 5.97 Å². The fraction of sp³-hybridized carbons (Fsp3) is 0.591. The quantitative estimate of drug-likeness (QED) is 0.133. The number of carbonyl (C=O) groups is 1. The minimum absolute atomic E-state index is 0.108. The number of allylic oxidation sites excluding steroid dienone is 9. The van der Waals surface area contributed by atoms with Crippen LogP contribution in [0.1, 0.15) is 155 Å².